The summed E-state index contributed by atoms with van der Waals surface area (Å²) in [5, 5.41) is 4.49. The van der Waals surface area contributed by atoms with Crippen LogP contribution >= 0.6 is 0 Å². The highest BCUT2D eigenvalue weighted by Crippen LogP contribution is 2.55. The van der Waals surface area contributed by atoms with E-state index in [2.05, 4.69) is 5.10 Å². The number of nitrogens with zero attached hydrogens (tertiary/aromatic N) is 3. The maximum absolute atomic E-state index is 14.3. The van der Waals surface area contributed by atoms with E-state index in [1.54, 1.807) is 36.0 Å². The summed E-state index contributed by atoms with van der Waals surface area (Å²) in [7, 11) is -4.74. The lowest BCUT2D eigenvalue weighted by molar-refractivity contribution is -0.107. The molecule has 0 saturated heterocycles. The quantitative estimate of drug-likeness (QED) is 0.293. The monoisotopic (exact) mass is 579 g/mol. The summed E-state index contributed by atoms with van der Waals surface area (Å²) in [6, 6.07) is 11.1. The zero-order valence-electron chi connectivity index (χ0n) is 22.1. The van der Waals surface area contributed by atoms with Gasteiger partial charge >= 0.3 is 6.18 Å². The minimum absolute atomic E-state index is 0.0468. The van der Waals surface area contributed by atoms with Crippen molar-refractivity contribution >= 4 is 16.1 Å². The van der Waals surface area contributed by atoms with Gasteiger partial charge < -0.3 is 0 Å². The van der Waals surface area contributed by atoms with E-state index in [-0.39, 0.29) is 30.3 Å². The molecule has 2 unspecified atom stereocenters. The molecule has 2 aliphatic rings. The Hall–Kier alpha value is -3.05. The Morgan fingerprint density at radius 3 is 2.50 bits per heavy atom. The molecule has 214 valence electrons. The fraction of sp³-hybridized carbons (Fsp3) is 0.414. The smallest absolute Gasteiger partial charge is 0.233 e. The normalized spacial score (nSPS) is 21.7. The zero-order valence-corrected chi connectivity index (χ0v) is 22.9. The van der Waals surface area contributed by atoms with Crippen LogP contribution in [0.3, 0.4) is 0 Å². The topological polar surface area (TPSA) is 55.2 Å². The lowest BCUT2D eigenvalue weighted by Gasteiger charge is -2.42. The third-order valence-electron chi connectivity index (χ3n) is 8.40. The van der Waals surface area contributed by atoms with Crippen molar-refractivity contribution in [1.29, 1.82) is 0 Å². The molecule has 3 atom stereocenters. The second-order valence-electron chi connectivity index (χ2n) is 10.9. The van der Waals surface area contributed by atoms with Crippen LogP contribution in [0.2, 0.25) is 0 Å². The van der Waals surface area contributed by atoms with E-state index in [1.807, 2.05) is 13.0 Å². The van der Waals surface area contributed by atoms with E-state index in [9.17, 15) is 30.4 Å². The molecule has 11 heteroatoms. The van der Waals surface area contributed by atoms with Crippen molar-refractivity contribution in [2.45, 2.75) is 51.7 Å². The van der Waals surface area contributed by atoms with Crippen molar-refractivity contribution < 1.29 is 30.4 Å². The minimum atomic E-state index is -4.91. The average molecular weight is 580 g/mol. The predicted octanol–water partition coefficient (Wildman–Crippen LogP) is 6.33. The second-order valence-corrected chi connectivity index (χ2v) is 12.8. The second kappa shape index (κ2) is 10.4. The number of hydrogen-bond donors (Lipinski definition) is 0. The van der Waals surface area contributed by atoms with Gasteiger partial charge in [-0.2, -0.15) is 22.6 Å². The molecule has 5 nitrogen and oxygen atoms in total. The van der Waals surface area contributed by atoms with Crippen molar-refractivity contribution in [2.24, 2.45) is 11.3 Å². The fourth-order valence-corrected chi connectivity index (χ4v) is 8.06. The highest BCUT2D eigenvalue weighted by Gasteiger charge is 2.51. The van der Waals surface area contributed by atoms with Crippen molar-refractivity contribution in [1.82, 2.24) is 14.1 Å². The Labute approximate surface area is 230 Å². The standard InChI is InChI=1S/C29H30F5N3O2S/c1-19(36(40(38,39)18-29(32,33)34)14-13-20-5-3-4-6-26(20)31)25-12-7-22-15-27-21(16-28(22,25)2)17-35-37(27)24-10-8-23(30)9-11-24/h3-6,8-11,15,17,19,25H,7,12-14,16,18H2,1-2H3/t19?,25?,28-/m0/s1. The Morgan fingerprint density at radius 2 is 1.82 bits per heavy atom. The van der Waals surface area contributed by atoms with Crippen LogP contribution < -0.4 is 0 Å². The molecule has 1 heterocycles. The van der Waals surface area contributed by atoms with Gasteiger partial charge in [-0.3, -0.25) is 0 Å². The molecule has 1 saturated carbocycles. The summed E-state index contributed by atoms with van der Waals surface area (Å²) < 4.78 is 96.8. The van der Waals surface area contributed by atoms with Gasteiger partial charge in [-0.15, -0.1) is 0 Å². The molecule has 5 rings (SSSR count). The van der Waals surface area contributed by atoms with Gasteiger partial charge in [0.15, 0.2) is 5.75 Å². The molecule has 0 bridgehead atoms. The summed E-state index contributed by atoms with van der Waals surface area (Å²) in [6.07, 6.45) is 0.576. The van der Waals surface area contributed by atoms with E-state index in [0.717, 1.165) is 21.1 Å². The van der Waals surface area contributed by atoms with Crippen LogP contribution in [-0.2, 0) is 22.9 Å². The molecular formula is C29H30F5N3O2S. The van der Waals surface area contributed by atoms with Crippen molar-refractivity contribution in [3.05, 3.63) is 88.8 Å². The van der Waals surface area contributed by atoms with Crippen molar-refractivity contribution in [2.75, 3.05) is 12.3 Å². The number of allylic oxidation sites excluding steroid dienone is 1. The summed E-state index contributed by atoms with van der Waals surface area (Å²) in [6.45, 7) is 3.42. The Balaban J connectivity index is 1.45. The van der Waals surface area contributed by atoms with E-state index in [4.69, 9.17) is 0 Å². The first-order chi connectivity index (χ1) is 18.8. The molecule has 0 N–H and O–H groups in total. The largest absolute Gasteiger partial charge is 0.404 e. The number of halogens is 5. The number of alkyl halides is 3. The number of rotatable bonds is 8. The van der Waals surface area contributed by atoms with Gasteiger partial charge in [0.1, 0.15) is 11.6 Å². The molecule has 2 aliphatic carbocycles. The predicted molar refractivity (Wildman–Crippen MR) is 142 cm³/mol. The van der Waals surface area contributed by atoms with Crippen LogP contribution in [0.1, 0.15) is 43.5 Å². The number of sulfonamides is 1. The Morgan fingerprint density at radius 1 is 1.12 bits per heavy atom. The van der Waals surface area contributed by atoms with Gasteiger partial charge in [-0.1, -0.05) is 30.7 Å². The summed E-state index contributed by atoms with van der Waals surface area (Å²) in [5.41, 5.74) is 3.29. The first-order valence-corrected chi connectivity index (χ1v) is 14.7. The van der Waals surface area contributed by atoms with Crippen LogP contribution in [0, 0.1) is 23.0 Å². The first kappa shape index (κ1) is 28.5. The molecule has 0 spiro atoms. The van der Waals surface area contributed by atoms with Gasteiger partial charge in [0, 0.05) is 12.6 Å². The lowest BCUT2D eigenvalue weighted by Crippen LogP contribution is -2.50. The van der Waals surface area contributed by atoms with E-state index >= 15 is 0 Å². The Kier molecular flexibility index (Phi) is 7.41. The minimum Gasteiger partial charge on any atom is -0.233 e. The molecule has 40 heavy (non-hydrogen) atoms. The van der Waals surface area contributed by atoms with E-state index in [0.29, 0.717) is 24.9 Å². The number of fused-ring (bicyclic) bond motifs is 2. The molecule has 3 aromatic rings. The molecular weight excluding hydrogens is 549 g/mol. The third kappa shape index (κ3) is 5.45. The van der Waals surface area contributed by atoms with Gasteiger partial charge in [0.2, 0.25) is 10.0 Å². The summed E-state index contributed by atoms with van der Waals surface area (Å²) in [4.78, 5) is 0. The highest BCUT2D eigenvalue weighted by molar-refractivity contribution is 7.89. The molecule has 0 aliphatic heterocycles. The third-order valence-corrected chi connectivity index (χ3v) is 10.3. The highest BCUT2D eigenvalue weighted by atomic mass is 32.2. The summed E-state index contributed by atoms with van der Waals surface area (Å²) >= 11 is 0. The zero-order chi connectivity index (χ0) is 28.9. The average Bonchev–Trinajstić information content (AvgIpc) is 3.41. The van der Waals surface area contributed by atoms with Crippen LogP contribution in [0.15, 0.2) is 60.3 Å². The maximum Gasteiger partial charge on any atom is 0.404 e. The van der Waals surface area contributed by atoms with E-state index < -0.39 is 39.2 Å². The fourth-order valence-electron chi connectivity index (χ4n) is 6.46. The lowest BCUT2D eigenvalue weighted by atomic mass is 9.68. The molecule has 1 fully saturated rings. The van der Waals surface area contributed by atoms with Gasteiger partial charge in [-0.25, -0.2) is 21.9 Å². The van der Waals surface area contributed by atoms with Crippen LogP contribution in [0.4, 0.5) is 22.0 Å². The first-order valence-electron chi connectivity index (χ1n) is 13.1. The van der Waals surface area contributed by atoms with Gasteiger partial charge in [-0.05, 0) is 91.5 Å². The number of benzene rings is 2. The van der Waals surface area contributed by atoms with Crippen LogP contribution in [-0.4, -0.2) is 47.0 Å². The van der Waals surface area contributed by atoms with Gasteiger partial charge in [0.05, 0.1) is 17.6 Å². The van der Waals surface area contributed by atoms with Gasteiger partial charge in [0.25, 0.3) is 0 Å². The Bertz CT molecular complexity index is 1530. The van der Waals surface area contributed by atoms with Crippen LogP contribution in [0.5, 0.6) is 0 Å². The van der Waals surface area contributed by atoms with Crippen molar-refractivity contribution in [3.63, 3.8) is 0 Å². The van der Waals surface area contributed by atoms with Crippen LogP contribution in [0.25, 0.3) is 11.8 Å². The van der Waals surface area contributed by atoms with E-state index in [1.165, 1.54) is 30.3 Å². The summed E-state index contributed by atoms with van der Waals surface area (Å²) in [5.74, 6) is -3.13. The maximum atomic E-state index is 14.3. The molecule has 0 amide bonds. The van der Waals surface area contributed by atoms with Crippen molar-refractivity contribution in [3.8, 4) is 5.69 Å². The molecule has 0 radical (unpaired) electrons. The molecule has 2 aromatic carbocycles. The number of hydrogen-bond acceptors (Lipinski definition) is 3. The molecule has 1 aromatic heterocycles. The number of aromatic nitrogens is 2. The SMILES string of the molecule is CC(C1CCC2=Cc3c(cnn3-c3ccc(F)cc3)C[C@@]21C)N(CCc1ccccc1F)S(=O)(=O)CC(F)(F)F.